The molecule has 4 N–H and O–H groups in total. The molecule has 0 fully saturated rings. The molecule has 1 amide bonds. The van der Waals surface area contributed by atoms with Crippen LogP contribution in [-0.2, 0) is 17.9 Å². The highest BCUT2D eigenvalue weighted by molar-refractivity contribution is 5.75. The first-order chi connectivity index (χ1) is 12.1. The summed E-state index contributed by atoms with van der Waals surface area (Å²) in [6, 6.07) is 3.52. The van der Waals surface area contributed by atoms with Gasteiger partial charge in [0.2, 0.25) is 5.91 Å². The van der Waals surface area contributed by atoms with E-state index in [4.69, 9.17) is 5.73 Å². The van der Waals surface area contributed by atoms with Crippen molar-refractivity contribution in [2.24, 2.45) is 0 Å². The van der Waals surface area contributed by atoms with E-state index in [1.165, 1.54) is 4.57 Å². The number of anilines is 2. The molecular weight excluding hydrogens is 332 g/mol. The first kappa shape index (κ1) is 19.4. The summed E-state index contributed by atoms with van der Waals surface area (Å²) in [5.41, 5.74) is 7.26. The van der Waals surface area contributed by atoms with Crippen LogP contribution in [0.3, 0.4) is 0 Å². The van der Waals surface area contributed by atoms with Crippen molar-refractivity contribution in [3.63, 3.8) is 0 Å². The van der Waals surface area contributed by atoms with Crippen molar-refractivity contribution in [1.82, 2.24) is 19.9 Å². The average Bonchev–Trinajstić information content (AvgIpc) is 2.52. The Bertz CT molecular complexity index is 867. The number of amides is 1. The van der Waals surface area contributed by atoms with Crippen LogP contribution in [0.4, 0.5) is 11.6 Å². The molecule has 0 aromatic carbocycles. The minimum atomic E-state index is -0.319. The molecule has 0 spiro atoms. The van der Waals surface area contributed by atoms with Gasteiger partial charge in [0, 0.05) is 29.7 Å². The maximum Gasteiger partial charge on any atom is 0.293 e. The number of nitrogens with one attached hydrogen (secondary N) is 2. The van der Waals surface area contributed by atoms with Gasteiger partial charge in [-0.3, -0.25) is 14.2 Å². The molecule has 26 heavy (non-hydrogen) atoms. The van der Waals surface area contributed by atoms with E-state index in [1.54, 1.807) is 19.2 Å². The molecule has 0 aliphatic rings. The molecular formula is C18H26N6O2. The molecule has 140 valence electrons. The lowest BCUT2D eigenvalue weighted by Crippen LogP contribution is -2.37. The van der Waals surface area contributed by atoms with E-state index >= 15 is 0 Å². The Morgan fingerprint density at radius 1 is 1.27 bits per heavy atom. The lowest BCUT2D eigenvalue weighted by molar-refractivity contribution is -0.121. The summed E-state index contributed by atoms with van der Waals surface area (Å²) >= 11 is 0. The SMILES string of the molecule is Cc1nc(N)ccc1CNC(=O)Cn1c(C)cnc(NC(C)(C)C)c1=O. The number of aryl methyl sites for hydroxylation is 2. The topological polar surface area (TPSA) is 115 Å². The third-order valence-corrected chi connectivity index (χ3v) is 3.74. The van der Waals surface area contributed by atoms with Gasteiger partial charge in [-0.2, -0.15) is 0 Å². The summed E-state index contributed by atoms with van der Waals surface area (Å²) in [5, 5.41) is 5.87. The van der Waals surface area contributed by atoms with Crippen LogP contribution in [0.25, 0.3) is 0 Å². The average molecular weight is 358 g/mol. The van der Waals surface area contributed by atoms with Crippen molar-refractivity contribution in [3.8, 4) is 0 Å². The van der Waals surface area contributed by atoms with E-state index in [-0.39, 0.29) is 29.4 Å². The standard InChI is InChI=1S/C18H26N6O2/c1-11-8-21-16(23-18(3,4)5)17(26)24(11)10-15(25)20-9-13-6-7-14(19)22-12(13)2/h6-8H,9-10H2,1-5H3,(H2,19,22)(H,20,25)(H,21,23). The number of nitrogens with zero attached hydrogens (tertiary/aromatic N) is 3. The maximum atomic E-state index is 12.6. The van der Waals surface area contributed by atoms with E-state index in [9.17, 15) is 9.59 Å². The van der Waals surface area contributed by atoms with E-state index in [2.05, 4.69) is 20.6 Å². The van der Waals surface area contributed by atoms with Gasteiger partial charge in [0.05, 0.1) is 0 Å². The van der Waals surface area contributed by atoms with Gasteiger partial charge in [-0.15, -0.1) is 0 Å². The van der Waals surface area contributed by atoms with Gasteiger partial charge in [-0.05, 0) is 46.2 Å². The van der Waals surface area contributed by atoms with Gasteiger partial charge in [0.15, 0.2) is 5.82 Å². The van der Waals surface area contributed by atoms with Crippen molar-refractivity contribution in [2.75, 3.05) is 11.1 Å². The minimum absolute atomic E-state index is 0.0759. The smallest absolute Gasteiger partial charge is 0.293 e. The Kier molecular flexibility index (Phi) is 5.64. The number of pyridine rings is 1. The molecule has 8 nitrogen and oxygen atoms in total. The second-order valence-electron chi connectivity index (χ2n) is 7.27. The van der Waals surface area contributed by atoms with Crippen LogP contribution in [0.5, 0.6) is 0 Å². The van der Waals surface area contributed by atoms with Gasteiger partial charge in [-0.1, -0.05) is 6.07 Å². The summed E-state index contributed by atoms with van der Waals surface area (Å²) in [4.78, 5) is 33.2. The molecule has 0 saturated carbocycles. The zero-order chi connectivity index (χ0) is 19.5. The molecule has 0 saturated heterocycles. The van der Waals surface area contributed by atoms with Gasteiger partial charge in [0.1, 0.15) is 12.4 Å². The molecule has 0 aliphatic carbocycles. The van der Waals surface area contributed by atoms with Crippen LogP contribution >= 0.6 is 0 Å². The zero-order valence-electron chi connectivity index (χ0n) is 15.9. The maximum absolute atomic E-state index is 12.6. The minimum Gasteiger partial charge on any atom is -0.384 e. The van der Waals surface area contributed by atoms with Crippen LogP contribution in [0.1, 0.15) is 37.7 Å². The van der Waals surface area contributed by atoms with Crippen molar-refractivity contribution >= 4 is 17.5 Å². The van der Waals surface area contributed by atoms with Gasteiger partial charge < -0.3 is 16.4 Å². The molecule has 8 heteroatoms. The van der Waals surface area contributed by atoms with E-state index in [0.717, 1.165) is 11.3 Å². The van der Waals surface area contributed by atoms with Crippen molar-refractivity contribution < 1.29 is 4.79 Å². The first-order valence-electron chi connectivity index (χ1n) is 8.40. The molecule has 0 bridgehead atoms. The van der Waals surface area contributed by atoms with Crippen molar-refractivity contribution in [3.05, 3.63) is 45.6 Å². The van der Waals surface area contributed by atoms with Crippen LogP contribution in [0.15, 0.2) is 23.1 Å². The van der Waals surface area contributed by atoms with Crippen LogP contribution in [0.2, 0.25) is 0 Å². The molecule has 2 heterocycles. The van der Waals surface area contributed by atoms with Crippen molar-refractivity contribution in [2.45, 2.75) is 53.2 Å². The van der Waals surface area contributed by atoms with E-state index in [1.807, 2.05) is 33.8 Å². The number of nitrogens with two attached hydrogens (primary N) is 1. The molecule has 0 radical (unpaired) electrons. The molecule has 2 aromatic heterocycles. The molecule has 0 unspecified atom stereocenters. The van der Waals surface area contributed by atoms with Crippen molar-refractivity contribution in [1.29, 1.82) is 0 Å². The molecule has 0 atom stereocenters. The Hall–Kier alpha value is -2.90. The third-order valence-electron chi connectivity index (χ3n) is 3.74. The lowest BCUT2D eigenvalue weighted by atomic mass is 10.1. The highest BCUT2D eigenvalue weighted by Crippen LogP contribution is 2.09. The summed E-state index contributed by atoms with van der Waals surface area (Å²) in [6.45, 7) is 9.64. The van der Waals surface area contributed by atoms with Gasteiger partial charge in [0.25, 0.3) is 5.56 Å². The largest absolute Gasteiger partial charge is 0.384 e. The second-order valence-corrected chi connectivity index (χ2v) is 7.27. The third kappa shape index (κ3) is 5.05. The summed E-state index contributed by atoms with van der Waals surface area (Å²) in [6.07, 6.45) is 1.58. The predicted octanol–water partition coefficient (Wildman–Crippen LogP) is 1.36. The number of hydrogen-bond acceptors (Lipinski definition) is 6. The van der Waals surface area contributed by atoms with Crippen LogP contribution < -0.4 is 21.9 Å². The second kappa shape index (κ2) is 7.55. The quantitative estimate of drug-likeness (QED) is 0.743. The predicted molar refractivity (Wildman–Crippen MR) is 102 cm³/mol. The molecule has 0 aliphatic heterocycles. The lowest BCUT2D eigenvalue weighted by Gasteiger charge is -2.21. The fourth-order valence-electron chi connectivity index (χ4n) is 2.40. The van der Waals surface area contributed by atoms with Gasteiger partial charge in [-0.25, -0.2) is 9.97 Å². The number of hydrogen-bond donors (Lipinski definition) is 3. The van der Waals surface area contributed by atoms with Crippen LogP contribution in [0, 0.1) is 13.8 Å². The number of aromatic nitrogens is 3. The highest BCUT2D eigenvalue weighted by Gasteiger charge is 2.16. The number of carbonyl (C=O) groups is 1. The van der Waals surface area contributed by atoms with E-state index < -0.39 is 0 Å². The van der Waals surface area contributed by atoms with Crippen LogP contribution in [-0.4, -0.2) is 26.0 Å². The Morgan fingerprint density at radius 2 is 1.96 bits per heavy atom. The number of rotatable bonds is 5. The Labute approximate surface area is 152 Å². The fraction of sp³-hybridized carbons (Fsp3) is 0.444. The molecule has 2 aromatic rings. The first-order valence-corrected chi connectivity index (χ1v) is 8.40. The normalized spacial score (nSPS) is 11.3. The summed E-state index contributed by atoms with van der Waals surface area (Å²) in [5.74, 6) is 0.407. The van der Waals surface area contributed by atoms with Gasteiger partial charge >= 0.3 is 0 Å². The Morgan fingerprint density at radius 3 is 2.58 bits per heavy atom. The summed E-state index contributed by atoms with van der Waals surface area (Å²) < 4.78 is 1.41. The zero-order valence-corrected chi connectivity index (χ0v) is 15.9. The number of carbonyl (C=O) groups excluding carboxylic acids is 1. The molecule has 2 rings (SSSR count). The van der Waals surface area contributed by atoms with E-state index in [0.29, 0.717) is 18.1 Å². The monoisotopic (exact) mass is 358 g/mol. The highest BCUT2D eigenvalue weighted by atomic mass is 16.2. The number of nitrogen functional groups attached to an aromatic ring is 1. The summed E-state index contributed by atoms with van der Waals surface area (Å²) in [7, 11) is 0. The fourth-order valence-corrected chi connectivity index (χ4v) is 2.40. The Balaban J connectivity index is 2.11.